The predicted molar refractivity (Wildman–Crippen MR) is 113 cm³/mol. The van der Waals surface area contributed by atoms with E-state index in [2.05, 4.69) is 6.08 Å². The molecule has 0 aliphatic heterocycles. The van der Waals surface area contributed by atoms with E-state index in [9.17, 15) is 30.3 Å². The fourth-order valence-corrected chi connectivity index (χ4v) is 3.04. The number of aromatic hydroxyl groups is 2. The summed E-state index contributed by atoms with van der Waals surface area (Å²) in [6.07, 6.45) is 6.23. The second-order valence-corrected chi connectivity index (χ2v) is 8.27. The molecule has 1 aromatic rings. The molecule has 0 spiro atoms. The van der Waals surface area contributed by atoms with Gasteiger partial charge in [0.2, 0.25) is 0 Å². The fraction of sp³-hybridized carbons (Fsp3) is 0.522. The molecule has 6 heteroatoms. The summed E-state index contributed by atoms with van der Waals surface area (Å²) in [6, 6.07) is 1.36. The summed E-state index contributed by atoms with van der Waals surface area (Å²) in [5.41, 5.74) is 1.43. The summed E-state index contributed by atoms with van der Waals surface area (Å²) in [4.78, 5) is 11.3. The van der Waals surface area contributed by atoms with Crippen LogP contribution in [-0.4, -0.2) is 43.2 Å². The first-order chi connectivity index (χ1) is 13.3. The van der Waals surface area contributed by atoms with Gasteiger partial charge in [0, 0.05) is 5.56 Å². The van der Waals surface area contributed by atoms with E-state index in [4.69, 9.17) is 0 Å². The Morgan fingerprint density at radius 3 is 2.28 bits per heavy atom. The number of benzene rings is 1. The van der Waals surface area contributed by atoms with Crippen LogP contribution in [0.25, 0.3) is 0 Å². The number of carboxylic acids is 1. The van der Waals surface area contributed by atoms with Gasteiger partial charge in [-0.05, 0) is 78.4 Å². The minimum Gasteiger partial charge on any atom is -0.508 e. The number of carboxylic acid groups (broad SMARTS) is 1. The highest BCUT2D eigenvalue weighted by atomic mass is 16.4. The molecule has 0 saturated heterocycles. The number of aryl methyl sites for hydroxylation is 1. The van der Waals surface area contributed by atoms with Crippen molar-refractivity contribution in [2.24, 2.45) is 0 Å². The number of hydrogen-bond donors (Lipinski definition) is 5. The molecule has 1 aromatic carbocycles. The largest absolute Gasteiger partial charge is 0.508 e. The molecule has 0 radical (unpaired) electrons. The number of aliphatic hydroxyl groups excluding tert-OH is 1. The molecule has 5 N–H and O–H groups in total. The van der Waals surface area contributed by atoms with Gasteiger partial charge in [-0.3, -0.25) is 0 Å². The van der Waals surface area contributed by atoms with Crippen molar-refractivity contribution < 1.29 is 30.3 Å². The number of rotatable bonds is 10. The first-order valence-corrected chi connectivity index (χ1v) is 9.84. The molecule has 1 unspecified atom stereocenters. The van der Waals surface area contributed by atoms with Crippen molar-refractivity contribution in [3.8, 4) is 11.5 Å². The van der Waals surface area contributed by atoms with E-state index in [-0.39, 0.29) is 29.0 Å². The van der Waals surface area contributed by atoms with Crippen LogP contribution in [0.2, 0.25) is 0 Å². The van der Waals surface area contributed by atoms with Crippen molar-refractivity contribution in [3.05, 3.63) is 46.1 Å². The first-order valence-electron chi connectivity index (χ1n) is 9.84. The Morgan fingerprint density at radius 1 is 1.14 bits per heavy atom. The standard InChI is InChI=1S/C23H34O6/c1-14(7-6-8-15(2)10-12-19(25)23(4,5)29)9-11-17-18(24)13-16(3)20(21(17)26)22(27)28/h8-9,13,19,24-26,29H,6-7,10-12H2,1-5H3,(H,27,28)/b14-9+,15-8+. The fourth-order valence-electron chi connectivity index (χ4n) is 3.04. The maximum atomic E-state index is 11.3. The molecule has 0 heterocycles. The van der Waals surface area contributed by atoms with Crippen LogP contribution in [0.5, 0.6) is 11.5 Å². The second-order valence-electron chi connectivity index (χ2n) is 8.27. The van der Waals surface area contributed by atoms with Crippen LogP contribution in [0, 0.1) is 6.92 Å². The molecule has 0 aromatic heterocycles. The zero-order valence-corrected chi connectivity index (χ0v) is 18.0. The van der Waals surface area contributed by atoms with E-state index >= 15 is 0 Å². The molecule has 0 aliphatic carbocycles. The zero-order chi connectivity index (χ0) is 22.4. The molecule has 0 saturated carbocycles. The van der Waals surface area contributed by atoms with Crippen molar-refractivity contribution in [1.29, 1.82) is 0 Å². The second kappa shape index (κ2) is 10.5. The van der Waals surface area contributed by atoms with Crippen LogP contribution >= 0.6 is 0 Å². The van der Waals surface area contributed by atoms with E-state index in [0.717, 1.165) is 24.0 Å². The number of aliphatic hydroxyl groups is 2. The third kappa shape index (κ3) is 7.55. The van der Waals surface area contributed by atoms with Crippen LogP contribution in [-0.2, 0) is 6.42 Å². The van der Waals surface area contributed by atoms with Crippen molar-refractivity contribution in [3.63, 3.8) is 0 Å². The van der Waals surface area contributed by atoms with Crippen molar-refractivity contribution in [2.75, 3.05) is 0 Å². The molecule has 0 fully saturated rings. The van der Waals surface area contributed by atoms with Gasteiger partial charge in [0.05, 0.1) is 11.7 Å². The molecule has 1 rings (SSSR count). The lowest BCUT2D eigenvalue weighted by atomic mass is 9.95. The van der Waals surface area contributed by atoms with Gasteiger partial charge in [0.25, 0.3) is 0 Å². The average molecular weight is 407 g/mol. The number of phenolic OH excluding ortho intramolecular Hbond substituents is 1. The lowest BCUT2D eigenvalue weighted by molar-refractivity contribution is -0.0509. The van der Waals surface area contributed by atoms with Gasteiger partial charge < -0.3 is 25.5 Å². The summed E-state index contributed by atoms with van der Waals surface area (Å²) < 4.78 is 0. The Morgan fingerprint density at radius 2 is 1.72 bits per heavy atom. The summed E-state index contributed by atoms with van der Waals surface area (Å²) in [6.45, 7) is 8.65. The van der Waals surface area contributed by atoms with Crippen molar-refractivity contribution >= 4 is 5.97 Å². The Kier molecular flexibility index (Phi) is 8.92. The lowest BCUT2D eigenvalue weighted by Crippen LogP contribution is -2.35. The van der Waals surface area contributed by atoms with Gasteiger partial charge in [-0.2, -0.15) is 0 Å². The maximum Gasteiger partial charge on any atom is 0.339 e. The summed E-state index contributed by atoms with van der Waals surface area (Å²) in [7, 11) is 0. The SMILES string of the molecule is C/C(=C\Cc1c(O)cc(C)c(C(=O)O)c1O)CC/C=C(\C)CCC(O)C(C)(C)O. The monoisotopic (exact) mass is 406 g/mol. The Labute approximate surface area is 172 Å². The minimum absolute atomic E-state index is 0.116. The van der Waals surface area contributed by atoms with Crippen LogP contribution in [0.15, 0.2) is 29.4 Å². The average Bonchev–Trinajstić information content (AvgIpc) is 2.57. The summed E-state index contributed by atoms with van der Waals surface area (Å²) in [5, 5.41) is 49.2. The Balaban J connectivity index is 2.68. The number of aromatic carboxylic acids is 1. The number of carbonyl (C=O) groups is 1. The van der Waals surface area contributed by atoms with E-state index in [1.165, 1.54) is 13.0 Å². The molecule has 0 bridgehead atoms. The maximum absolute atomic E-state index is 11.3. The number of phenols is 2. The van der Waals surface area contributed by atoms with Crippen LogP contribution < -0.4 is 0 Å². The van der Waals surface area contributed by atoms with Crippen molar-refractivity contribution in [1.82, 2.24) is 0 Å². The van der Waals surface area contributed by atoms with Crippen molar-refractivity contribution in [2.45, 2.75) is 78.4 Å². The van der Waals surface area contributed by atoms with E-state index in [1.54, 1.807) is 13.8 Å². The highest BCUT2D eigenvalue weighted by Gasteiger charge is 2.23. The van der Waals surface area contributed by atoms with Gasteiger partial charge in [-0.15, -0.1) is 0 Å². The Bertz CT molecular complexity index is 784. The van der Waals surface area contributed by atoms with E-state index < -0.39 is 17.7 Å². The zero-order valence-electron chi connectivity index (χ0n) is 18.0. The lowest BCUT2D eigenvalue weighted by Gasteiger charge is -2.24. The molecular weight excluding hydrogens is 372 g/mol. The molecule has 1 atom stereocenters. The first kappa shape index (κ1) is 24.7. The van der Waals surface area contributed by atoms with E-state index in [1.807, 2.05) is 19.9 Å². The minimum atomic E-state index is -1.22. The predicted octanol–water partition coefficient (Wildman–Crippen LogP) is 4.23. The van der Waals surface area contributed by atoms with Gasteiger partial charge in [0.15, 0.2) is 0 Å². The number of hydrogen-bond acceptors (Lipinski definition) is 5. The third-order valence-corrected chi connectivity index (χ3v) is 5.11. The van der Waals surface area contributed by atoms with Crippen LogP contribution in [0.4, 0.5) is 0 Å². The summed E-state index contributed by atoms with van der Waals surface area (Å²) in [5.74, 6) is -1.73. The molecule has 0 amide bonds. The molecule has 0 aliphatic rings. The van der Waals surface area contributed by atoms with Gasteiger partial charge in [-0.25, -0.2) is 4.79 Å². The van der Waals surface area contributed by atoms with Crippen LogP contribution in [0.1, 0.15) is 74.9 Å². The van der Waals surface area contributed by atoms with Gasteiger partial charge in [0.1, 0.15) is 17.1 Å². The molecule has 29 heavy (non-hydrogen) atoms. The number of allylic oxidation sites excluding steroid dienone is 4. The molecular formula is C23H34O6. The smallest absolute Gasteiger partial charge is 0.339 e. The normalized spacial score (nSPS) is 14.2. The highest BCUT2D eigenvalue weighted by molar-refractivity contribution is 5.93. The van der Waals surface area contributed by atoms with Gasteiger partial charge >= 0.3 is 5.97 Å². The van der Waals surface area contributed by atoms with Gasteiger partial charge in [-0.1, -0.05) is 23.3 Å². The Hall–Kier alpha value is -2.31. The van der Waals surface area contributed by atoms with Crippen LogP contribution in [0.3, 0.4) is 0 Å². The summed E-state index contributed by atoms with van der Waals surface area (Å²) >= 11 is 0. The quantitative estimate of drug-likeness (QED) is 0.371. The third-order valence-electron chi connectivity index (χ3n) is 5.11. The van der Waals surface area contributed by atoms with E-state index in [0.29, 0.717) is 18.4 Å². The molecule has 6 nitrogen and oxygen atoms in total. The highest BCUT2D eigenvalue weighted by Crippen LogP contribution is 2.34. The molecule has 162 valence electrons. The topological polar surface area (TPSA) is 118 Å².